The van der Waals surface area contributed by atoms with Gasteiger partial charge in [0.2, 0.25) is 5.95 Å². The molecule has 0 spiro atoms. The first-order valence-electron chi connectivity index (χ1n) is 8.34. The van der Waals surface area contributed by atoms with Crippen molar-refractivity contribution < 1.29 is 4.74 Å². The van der Waals surface area contributed by atoms with Gasteiger partial charge in [0.25, 0.3) is 0 Å². The fraction of sp³-hybridized carbons (Fsp3) is 0.278. The standard InChI is InChI=1S/C18H20N6O/c1-13(2)25-10-7-20-18-21-11-16-15(5-8-24(16)22-18)14-3-4-17-19-6-9-23(17)12-14/h3-6,8-9,11-13H,7,10H2,1-2H3,(H,20,22). The number of hydrogen-bond donors (Lipinski definition) is 1. The number of pyridine rings is 1. The van der Waals surface area contributed by atoms with Gasteiger partial charge in [0.05, 0.1) is 24.4 Å². The molecule has 0 atom stereocenters. The molecule has 1 N–H and O–H groups in total. The topological polar surface area (TPSA) is 68.8 Å². The number of anilines is 1. The quantitative estimate of drug-likeness (QED) is 0.548. The fourth-order valence-electron chi connectivity index (χ4n) is 2.76. The lowest BCUT2D eigenvalue weighted by Gasteiger charge is -2.08. The first kappa shape index (κ1) is 15.6. The Morgan fingerprint density at radius 2 is 2.08 bits per heavy atom. The minimum absolute atomic E-state index is 0.227. The van der Waals surface area contributed by atoms with Gasteiger partial charge in [0, 0.05) is 42.5 Å². The van der Waals surface area contributed by atoms with Crippen LogP contribution in [0, 0.1) is 0 Å². The second-order valence-corrected chi connectivity index (χ2v) is 6.10. The molecule has 4 heterocycles. The lowest BCUT2D eigenvalue weighted by atomic mass is 10.1. The van der Waals surface area contributed by atoms with Crippen LogP contribution in [0.1, 0.15) is 13.8 Å². The molecule has 4 aromatic rings. The second-order valence-electron chi connectivity index (χ2n) is 6.10. The van der Waals surface area contributed by atoms with Gasteiger partial charge >= 0.3 is 0 Å². The Labute approximate surface area is 145 Å². The summed E-state index contributed by atoms with van der Waals surface area (Å²) in [5.74, 6) is 0.590. The maximum atomic E-state index is 5.51. The summed E-state index contributed by atoms with van der Waals surface area (Å²) < 4.78 is 9.35. The highest BCUT2D eigenvalue weighted by Crippen LogP contribution is 2.25. The van der Waals surface area contributed by atoms with E-state index in [1.807, 2.05) is 53.5 Å². The maximum Gasteiger partial charge on any atom is 0.241 e. The lowest BCUT2D eigenvalue weighted by Crippen LogP contribution is -2.15. The SMILES string of the molecule is CC(C)OCCNc1ncc2c(-c3ccc4nccn4c3)ccn2n1. The fourth-order valence-corrected chi connectivity index (χ4v) is 2.76. The van der Waals surface area contributed by atoms with Gasteiger partial charge < -0.3 is 14.5 Å². The maximum absolute atomic E-state index is 5.51. The largest absolute Gasteiger partial charge is 0.377 e. The van der Waals surface area contributed by atoms with Gasteiger partial charge in [-0.2, -0.15) is 0 Å². The second kappa shape index (κ2) is 6.52. The minimum Gasteiger partial charge on any atom is -0.377 e. The van der Waals surface area contributed by atoms with Crippen LogP contribution in [0.15, 0.2) is 49.2 Å². The Morgan fingerprint density at radius 3 is 2.96 bits per heavy atom. The number of ether oxygens (including phenoxy) is 1. The van der Waals surface area contributed by atoms with Crippen LogP contribution in [0.2, 0.25) is 0 Å². The number of nitrogens with one attached hydrogen (secondary N) is 1. The van der Waals surface area contributed by atoms with Crippen LogP contribution in [0.3, 0.4) is 0 Å². The summed E-state index contributed by atoms with van der Waals surface area (Å²) in [7, 11) is 0. The Morgan fingerprint density at radius 1 is 1.16 bits per heavy atom. The zero-order valence-electron chi connectivity index (χ0n) is 14.3. The van der Waals surface area contributed by atoms with Crippen LogP contribution < -0.4 is 5.32 Å². The molecule has 0 saturated heterocycles. The molecule has 7 nitrogen and oxygen atoms in total. The van der Waals surface area contributed by atoms with Gasteiger partial charge in [-0.05, 0) is 32.0 Å². The van der Waals surface area contributed by atoms with Crippen molar-refractivity contribution in [2.75, 3.05) is 18.5 Å². The molecule has 0 saturated carbocycles. The van der Waals surface area contributed by atoms with Crippen LogP contribution in [0.25, 0.3) is 22.3 Å². The minimum atomic E-state index is 0.227. The molecule has 7 heteroatoms. The van der Waals surface area contributed by atoms with E-state index in [-0.39, 0.29) is 6.10 Å². The molecule has 0 amide bonds. The monoisotopic (exact) mass is 336 g/mol. The average Bonchev–Trinajstić information content (AvgIpc) is 3.24. The molecule has 0 radical (unpaired) electrons. The smallest absolute Gasteiger partial charge is 0.241 e. The van der Waals surface area contributed by atoms with E-state index in [9.17, 15) is 0 Å². The van der Waals surface area contributed by atoms with Crippen molar-refractivity contribution in [1.29, 1.82) is 0 Å². The molecule has 0 aromatic carbocycles. The number of hydrogen-bond acceptors (Lipinski definition) is 5. The molecular weight excluding hydrogens is 316 g/mol. The zero-order chi connectivity index (χ0) is 17.2. The summed E-state index contributed by atoms with van der Waals surface area (Å²) in [6, 6.07) is 6.12. The van der Waals surface area contributed by atoms with Gasteiger partial charge in [-0.15, -0.1) is 5.10 Å². The molecule has 0 bridgehead atoms. The van der Waals surface area contributed by atoms with Gasteiger partial charge in [0.1, 0.15) is 5.65 Å². The number of nitrogens with zero attached hydrogens (tertiary/aromatic N) is 5. The summed E-state index contributed by atoms with van der Waals surface area (Å²) >= 11 is 0. The van der Waals surface area contributed by atoms with Crippen molar-refractivity contribution in [2.24, 2.45) is 0 Å². The van der Waals surface area contributed by atoms with E-state index in [4.69, 9.17) is 4.74 Å². The average molecular weight is 336 g/mol. The van der Waals surface area contributed by atoms with Crippen LogP contribution in [0.4, 0.5) is 5.95 Å². The number of rotatable bonds is 6. The molecule has 0 unspecified atom stereocenters. The van der Waals surface area contributed by atoms with E-state index in [2.05, 4.69) is 32.6 Å². The highest BCUT2D eigenvalue weighted by molar-refractivity contribution is 5.80. The summed E-state index contributed by atoms with van der Waals surface area (Å²) in [6.07, 6.45) is 9.81. The van der Waals surface area contributed by atoms with Crippen LogP contribution in [-0.2, 0) is 4.74 Å². The van der Waals surface area contributed by atoms with E-state index in [1.165, 1.54) is 0 Å². The summed E-state index contributed by atoms with van der Waals surface area (Å²) in [5, 5.41) is 7.69. The summed E-state index contributed by atoms with van der Waals surface area (Å²) in [4.78, 5) is 8.69. The first-order valence-corrected chi connectivity index (χ1v) is 8.34. The van der Waals surface area contributed by atoms with E-state index < -0.39 is 0 Å². The van der Waals surface area contributed by atoms with E-state index in [0.29, 0.717) is 19.1 Å². The molecule has 0 aliphatic rings. The third-order valence-electron chi connectivity index (χ3n) is 3.95. The highest BCUT2D eigenvalue weighted by Gasteiger charge is 2.08. The molecule has 0 fully saturated rings. The highest BCUT2D eigenvalue weighted by atomic mass is 16.5. The van der Waals surface area contributed by atoms with Crippen LogP contribution >= 0.6 is 0 Å². The predicted octanol–water partition coefficient (Wildman–Crippen LogP) is 2.88. The Hall–Kier alpha value is -2.93. The van der Waals surface area contributed by atoms with Crippen molar-refractivity contribution in [1.82, 2.24) is 24.0 Å². The molecule has 25 heavy (non-hydrogen) atoms. The molecule has 0 aliphatic heterocycles. The van der Waals surface area contributed by atoms with Crippen molar-refractivity contribution in [3.05, 3.63) is 49.2 Å². The summed E-state index contributed by atoms with van der Waals surface area (Å²) in [6.45, 7) is 5.34. The molecule has 4 aromatic heterocycles. The van der Waals surface area contributed by atoms with Gasteiger partial charge in [-0.3, -0.25) is 0 Å². The van der Waals surface area contributed by atoms with Gasteiger partial charge in [-0.1, -0.05) is 0 Å². The Kier molecular flexibility index (Phi) is 4.07. The van der Waals surface area contributed by atoms with Crippen LogP contribution in [-0.4, -0.2) is 43.2 Å². The van der Waals surface area contributed by atoms with E-state index in [0.717, 1.165) is 22.3 Å². The van der Waals surface area contributed by atoms with Crippen molar-refractivity contribution in [3.8, 4) is 11.1 Å². The zero-order valence-corrected chi connectivity index (χ0v) is 14.3. The van der Waals surface area contributed by atoms with E-state index >= 15 is 0 Å². The first-order chi connectivity index (χ1) is 12.2. The van der Waals surface area contributed by atoms with Crippen molar-refractivity contribution in [3.63, 3.8) is 0 Å². The normalized spacial score (nSPS) is 11.6. The number of fused-ring (bicyclic) bond motifs is 2. The Bertz CT molecular complexity index is 1000. The van der Waals surface area contributed by atoms with Gasteiger partial charge in [-0.25, -0.2) is 14.5 Å². The molecule has 0 aliphatic carbocycles. The van der Waals surface area contributed by atoms with Crippen molar-refractivity contribution in [2.45, 2.75) is 20.0 Å². The molecular formula is C18H20N6O. The third-order valence-corrected chi connectivity index (χ3v) is 3.95. The Balaban J connectivity index is 1.57. The number of imidazole rings is 1. The van der Waals surface area contributed by atoms with Gasteiger partial charge in [0.15, 0.2) is 0 Å². The van der Waals surface area contributed by atoms with E-state index in [1.54, 1.807) is 6.20 Å². The van der Waals surface area contributed by atoms with Crippen molar-refractivity contribution >= 4 is 17.1 Å². The predicted molar refractivity (Wildman–Crippen MR) is 96.8 cm³/mol. The third kappa shape index (κ3) is 3.18. The summed E-state index contributed by atoms with van der Waals surface area (Å²) in [5.41, 5.74) is 4.08. The molecule has 4 rings (SSSR count). The lowest BCUT2D eigenvalue weighted by molar-refractivity contribution is 0.0869. The number of aromatic nitrogens is 5. The van der Waals surface area contributed by atoms with Crippen LogP contribution in [0.5, 0.6) is 0 Å². The molecule has 128 valence electrons.